The molecule has 1 aromatic heterocycles. The van der Waals surface area contributed by atoms with E-state index in [1.165, 1.54) is 16.9 Å². The molecule has 0 N–H and O–H groups in total. The number of benzene rings is 1. The molecule has 2 heteroatoms. The van der Waals surface area contributed by atoms with Crippen LogP contribution in [-0.4, -0.2) is 4.57 Å². The first kappa shape index (κ1) is 8.30. The van der Waals surface area contributed by atoms with Gasteiger partial charge in [-0.15, -0.1) is 0 Å². The Morgan fingerprint density at radius 1 is 1.31 bits per heavy atom. The molecule has 1 heterocycles. The first-order chi connectivity index (χ1) is 6.25. The summed E-state index contributed by atoms with van der Waals surface area (Å²) in [6.07, 6.45) is 1.07. The first-order valence-electron chi connectivity index (χ1n) is 4.68. The largest absolute Gasteiger partial charge is 0.256 e. The predicted molar refractivity (Wildman–Crippen MR) is 53.5 cm³/mol. The molecule has 13 heavy (non-hydrogen) atoms. The van der Waals surface area contributed by atoms with Crippen LogP contribution >= 0.6 is 0 Å². The summed E-state index contributed by atoms with van der Waals surface area (Å²) in [5, 5.41) is 0. The predicted octanol–water partition coefficient (Wildman–Crippen LogP) is 1.57. The molecule has 0 saturated carbocycles. The van der Waals surface area contributed by atoms with Gasteiger partial charge in [-0.3, -0.25) is 0 Å². The number of para-hydroxylation sites is 2. The van der Waals surface area contributed by atoms with Crippen molar-refractivity contribution in [1.82, 2.24) is 4.57 Å². The van der Waals surface area contributed by atoms with Crippen molar-refractivity contribution in [3.8, 4) is 0 Å². The average Bonchev–Trinajstić information content (AvgIpc) is 2.41. The van der Waals surface area contributed by atoms with Crippen molar-refractivity contribution < 1.29 is 4.57 Å². The van der Waals surface area contributed by atoms with E-state index in [2.05, 4.69) is 54.4 Å². The van der Waals surface area contributed by atoms with Crippen LogP contribution in [0.1, 0.15) is 12.7 Å². The Hall–Kier alpha value is -1.31. The van der Waals surface area contributed by atoms with E-state index in [4.69, 9.17) is 0 Å². The van der Waals surface area contributed by atoms with E-state index < -0.39 is 0 Å². The standard InChI is InChI=1S/C11H15N2/c1-4-11-12(2)9-7-5-6-8-10(9)13(11)3/h5-8H,4H2,1-3H3/q+1. The highest BCUT2D eigenvalue weighted by Crippen LogP contribution is 2.11. The van der Waals surface area contributed by atoms with Crippen molar-refractivity contribution >= 4 is 11.0 Å². The first-order valence-corrected chi connectivity index (χ1v) is 4.68. The van der Waals surface area contributed by atoms with Gasteiger partial charge in [0.25, 0.3) is 5.82 Å². The lowest BCUT2D eigenvalue weighted by atomic mass is 10.3. The summed E-state index contributed by atoms with van der Waals surface area (Å²) >= 11 is 0. The number of aryl methyl sites for hydroxylation is 2. The molecule has 0 radical (unpaired) electrons. The van der Waals surface area contributed by atoms with Crippen molar-refractivity contribution in [2.75, 3.05) is 0 Å². The molecule has 68 valence electrons. The van der Waals surface area contributed by atoms with Gasteiger partial charge in [-0.05, 0) is 12.1 Å². The van der Waals surface area contributed by atoms with E-state index in [1.807, 2.05) is 0 Å². The molecule has 0 aliphatic carbocycles. The number of hydrogen-bond donors (Lipinski definition) is 0. The van der Waals surface area contributed by atoms with Gasteiger partial charge in [0.2, 0.25) is 0 Å². The van der Waals surface area contributed by atoms with Gasteiger partial charge in [0.05, 0.1) is 14.1 Å². The zero-order valence-electron chi connectivity index (χ0n) is 8.41. The SMILES string of the molecule is CCc1n(C)c2ccccc2[n+]1C. The van der Waals surface area contributed by atoms with Crippen LogP contribution in [0.25, 0.3) is 11.0 Å². The van der Waals surface area contributed by atoms with Crippen molar-refractivity contribution in [1.29, 1.82) is 0 Å². The highest BCUT2D eigenvalue weighted by atomic mass is 15.1. The minimum absolute atomic E-state index is 1.07. The van der Waals surface area contributed by atoms with Crippen LogP contribution in [0.15, 0.2) is 24.3 Å². The minimum atomic E-state index is 1.07. The third kappa shape index (κ3) is 1.05. The maximum Gasteiger partial charge on any atom is 0.256 e. The molecule has 0 unspecified atom stereocenters. The van der Waals surface area contributed by atoms with Gasteiger partial charge < -0.3 is 0 Å². The summed E-state index contributed by atoms with van der Waals surface area (Å²) in [7, 11) is 4.25. The molecule has 2 aromatic rings. The second-order valence-corrected chi connectivity index (χ2v) is 3.38. The van der Waals surface area contributed by atoms with Crippen molar-refractivity contribution in [2.24, 2.45) is 14.1 Å². The molecule has 0 bridgehead atoms. The molecule has 0 atom stereocenters. The lowest BCUT2D eigenvalue weighted by molar-refractivity contribution is -0.653. The second kappa shape index (κ2) is 2.87. The van der Waals surface area contributed by atoms with E-state index in [0.29, 0.717) is 0 Å². The number of aromatic nitrogens is 2. The fourth-order valence-corrected chi connectivity index (χ4v) is 2.01. The van der Waals surface area contributed by atoms with Crippen LogP contribution in [-0.2, 0) is 20.5 Å². The maximum atomic E-state index is 2.26. The molecule has 0 spiro atoms. The van der Waals surface area contributed by atoms with Crippen LogP contribution in [0.3, 0.4) is 0 Å². The topological polar surface area (TPSA) is 8.81 Å². The zero-order chi connectivity index (χ0) is 9.42. The van der Waals surface area contributed by atoms with Crippen LogP contribution in [0.2, 0.25) is 0 Å². The summed E-state index contributed by atoms with van der Waals surface area (Å²) in [6.45, 7) is 2.19. The molecule has 2 nitrogen and oxygen atoms in total. The Morgan fingerprint density at radius 3 is 2.62 bits per heavy atom. The summed E-state index contributed by atoms with van der Waals surface area (Å²) in [5.74, 6) is 1.36. The van der Waals surface area contributed by atoms with Crippen molar-refractivity contribution in [3.05, 3.63) is 30.1 Å². The van der Waals surface area contributed by atoms with Crippen molar-refractivity contribution in [3.63, 3.8) is 0 Å². The summed E-state index contributed by atoms with van der Waals surface area (Å²) in [6, 6.07) is 8.49. The summed E-state index contributed by atoms with van der Waals surface area (Å²) in [5.41, 5.74) is 2.61. The van der Waals surface area contributed by atoms with Crippen LogP contribution in [0.4, 0.5) is 0 Å². The fraction of sp³-hybridized carbons (Fsp3) is 0.364. The highest BCUT2D eigenvalue weighted by Gasteiger charge is 2.16. The third-order valence-electron chi connectivity index (χ3n) is 2.70. The smallest absolute Gasteiger partial charge is 0.230 e. The maximum absolute atomic E-state index is 2.26. The monoisotopic (exact) mass is 175 g/mol. The molecule has 2 rings (SSSR count). The molecule has 0 aliphatic heterocycles. The number of rotatable bonds is 1. The van der Waals surface area contributed by atoms with E-state index in [-0.39, 0.29) is 0 Å². The van der Waals surface area contributed by atoms with Gasteiger partial charge in [-0.2, -0.15) is 0 Å². The Kier molecular flexibility index (Phi) is 1.83. The summed E-state index contributed by atoms with van der Waals surface area (Å²) in [4.78, 5) is 0. The average molecular weight is 175 g/mol. The quantitative estimate of drug-likeness (QED) is 0.582. The molecule has 1 aromatic carbocycles. The summed E-state index contributed by atoms with van der Waals surface area (Å²) < 4.78 is 4.52. The van der Waals surface area contributed by atoms with Gasteiger partial charge in [0, 0.05) is 6.42 Å². The highest BCUT2D eigenvalue weighted by molar-refractivity contribution is 5.71. The van der Waals surface area contributed by atoms with Gasteiger partial charge >= 0.3 is 0 Å². The Bertz CT molecular complexity index is 402. The Morgan fingerprint density at radius 2 is 2.00 bits per heavy atom. The van der Waals surface area contributed by atoms with E-state index in [9.17, 15) is 0 Å². The molecule has 0 aliphatic rings. The number of fused-ring (bicyclic) bond motifs is 1. The van der Waals surface area contributed by atoms with Crippen LogP contribution in [0, 0.1) is 0 Å². The van der Waals surface area contributed by atoms with Crippen molar-refractivity contribution in [2.45, 2.75) is 13.3 Å². The number of hydrogen-bond acceptors (Lipinski definition) is 0. The van der Waals surface area contributed by atoms with Gasteiger partial charge in [-0.1, -0.05) is 19.1 Å². The number of nitrogens with zero attached hydrogens (tertiary/aromatic N) is 2. The van der Waals surface area contributed by atoms with Gasteiger partial charge in [0.15, 0.2) is 11.0 Å². The van der Waals surface area contributed by atoms with Gasteiger partial charge in [0.1, 0.15) is 0 Å². The zero-order valence-corrected chi connectivity index (χ0v) is 8.41. The molecule has 0 amide bonds. The van der Waals surface area contributed by atoms with Gasteiger partial charge in [-0.25, -0.2) is 9.13 Å². The lowest BCUT2D eigenvalue weighted by Gasteiger charge is -1.91. The molecular weight excluding hydrogens is 160 g/mol. The number of imidazole rings is 1. The van der Waals surface area contributed by atoms with E-state index in [1.54, 1.807) is 0 Å². The molecular formula is C11H15N2+. The third-order valence-corrected chi connectivity index (χ3v) is 2.70. The Balaban J connectivity index is 2.88. The second-order valence-electron chi connectivity index (χ2n) is 3.38. The minimum Gasteiger partial charge on any atom is -0.230 e. The van der Waals surface area contributed by atoms with Crippen LogP contribution < -0.4 is 4.57 Å². The molecule has 0 saturated heterocycles. The lowest BCUT2D eigenvalue weighted by Crippen LogP contribution is -2.32. The normalized spacial score (nSPS) is 11.0. The Labute approximate surface area is 78.4 Å². The van der Waals surface area contributed by atoms with E-state index in [0.717, 1.165) is 6.42 Å². The fourth-order valence-electron chi connectivity index (χ4n) is 2.01. The van der Waals surface area contributed by atoms with E-state index >= 15 is 0 Å². The van der Waals surface area contributed by atoms with Crippen LogP contribution in [0.5, 0.6) is 0 Å². The molecule has 0 fully saturated rings.